The van der Waals surface area contributed by atoms with Crippen LogP contribution in [0.2, 0.25) is 0 Å². The van der Waals surface area contributed by atoms with Gasteiger partial charge in [-0.1, -0.05) is 12.1 Å². The Labute approximate surface area is 123 Å². The first kappa shape index (κ1) is 14.9. The Hall–Kier alpha value is -2.55. The number of benzene rings is 1. The summed E-state index contributed by atoms with van der Waals surface area (Å²) in [4.78, 5) is 24.6. The van der Waals surface area contributed by atoms with Gasteiger partial charge >= 0.3 is 12.0 Å². The average Bonchev–Trinajstić information content (AvgIpc) is 3.28. The number of urea groups is 1. The Balaban J connectivity index is 1.95. The van der Waals surface area contributed by atoms with Gasteiger partial charge in [-0.2, -0.15) is 5.26 Å². The van der Waals surface area contributed by atoms with Gasteiger partial charge in [-0.25, -0.2) is 9.59 Å². The van der Waals surface area contributed by atoms with Gasteiger partial charge in [-0.3, -0.25) is 0 Å². The summed E-state index contributed by atoms with van der Waals surface area (Å²) in [7, 11) is 1.60. The molecule has 0 spiro atoms. The molecule has 2 rings (SSSR count). The minimum atomic E-state index is -0.995. The molecule has 110 valence electrons. The Morgan fingerprint density at radius 2 is 2.24 bits per heavy atom. The van der Waals surface area contributed by atoms with Gasteiger partial charge < -0.3 is 15.3 Å². The molecule has 1 aliphatic rings. The van der Waals surface area contributed by atoms with Crippen LogP contribution in [0.1, 0.15) is 24.0 Å². The van der Waals surface area contributed by atoms with Crippen LogP contribution < -0.4 is 5.32 Å². The summed E-state index contributed by atoms with van der Waals surface area (Å²) in [5, 5.41) is 20.5. The second-order valence-electron chi connectivity index (χ2n) is 5.27. The van der Waals surface area contributed by atoms with Crippen molar-refractivity contribution in [1.29, 1.82) is 5.26 Å². The highest BCUT2D eigenvalue weighted by Crippen LogP contribution is 2.32. The molecule has 0 heterocycles. The van der Waals surface area contributed by atoms with Crippen LogP contribution in [0.25, 0.3) is 0 Å². The summed E-state index contributed by atoms with van der Waals surface area (Å²) in [6.45, 7) is 0.318. The highest BCUT2D eigenvalue weighted by Gasteiger charge is 2.37. The van der Waals surface area contributed by atoms with Gasteiger partial charge in [0.2, 0.25) is 0 Å². The lowest BCUT2D eigenvalue weighted by Gasteiger charge is -2.21. The third kappa shape index (κ3) is 3.96. The Bertz CT molecular complexity index is 590. The first-order chi connectivity index (χ1) is 10.0. The molecule has 0 saturated heterocycles. The van der Waals surface area contributed by atoms with Crippen LogP contribution in [-0.2, 0) is 11.3 Å². The normalized spacial score (nSPS) is 14.9. The van der Waals surface area contributed by atoms with Crippen LogP contribution >= 0.6 is 0 Å². The molecule has 1 saturated carbocycles. The Morgan fingerprint density at radius 1 is 1.52 bits per heavy atom. The fourth-order valence-corrected chi connectivity index (χ4v) is 2.14. The second-order valence-corrected chi connectivity index (χ2v) is 5.27. The van der Waals surface area contributed by atoms with Crippen molar-refractivity contribution in [3.05, 3.63) is 35.4 Å². The van der Waals surface area contributed by atoms with Crippen LogP contribution in [0.5, 0.6) is 0 Å². The SMILES string of the molecule is CN(Cc1cccc(C#N)c1)C(=O)NC(C(=O)O)C1CC1. The molecule has 1 aromatic rings. The van der Waals surface area contributed by atoms with Gasteiger partial charge in [-0.05, 0) is 36.5 Å². The minimum Gasteiger partial charge on any atom is -0.480 e. The van der Waals surface area contributed by atoms with Crippen molar-refractivity contribution in [2.75, 3.05) is 7.05 Å². The number of carboxylic acid groups (broad SMARTS) is 1. The van der Waals surface area contributed by atoms with E-state index < -0.39 is 18.0 Å². The molecule has 6 heteroatoms. The summed E-state index contributed by atoms with van der Waals surface area (Å²) in [6, 6.07) is 7.78. The van der Waals surface area contributed by atoms with Crippen molar-refractivity contribution < 1.29 is 14.7 Å². The van der Waals surface area contributed by atoms with E-state index in [0.717, 1.165) is 18.4 Å². The van der Waals surface area contributed by atoms with Crippen LogP contribution in [0, 0.1) is 17.2 Å². The summed E-state index contributed by atoms with van der Waals surface area (Å²) in [6.07, 6.45) is 1.68. The third-order valence-corrected chi connectivity index (χ3v) is 3.46. The van der Waals surface area contributed by atoms with E-state index in [4.69, 9.17) is 10.4 Å². The largest absolute Gasteiger partial charge is 0.480 e. The zero-order valence-electron chi connectivity index (χ0n) is 11.7. The number of carboxylic acids is 1. The summed E-state index contributed by atoms with van der Waals surface area (Å²) < 4.78 is 0. The number of amides is 2. The molecule has 1 atom stereocenters. The predicted molar refractivity (Wildman–Crippen MR) is 75.3 cm³/mol. The molecule has 1 fully saturated rings. The first-order valence-electron chi connectivity index (χ1n) is 6.74. The summed E-state index contributed by atoms with van der Waals surface area (Å²) >= 11 is 0. The van der Waals surface area contributed by atoms with Gasteiger partial charge in [0.1, 0.15) is 6.04 Å². The molecule has 0 radical (unpaired) electrons. The molecule has 6 nitrogen and oxygen atoms in total. The van der Waals surface area contributed by atoms with Crippen molar-refractivity contribution >= 4 is 12.0 Å². The van der Waals surface area contributed by atoms with E-state index in [1.807, 2.05) is 12.1 Å². The Morgan fingerprint density at radius 3 is 2.81 bits per heavy atom. The molecule has 2 amide bonds. The maximum atomic E-state index is 12.0. The van der Waals surface area contributed by atoms with E-state index in [9.17, 15) is 9.59 Å². The van der Waals surface area contributed by atoms with Crippen molar-refractivity contribution in [2.45, 2.75) is 25.4 Å². The lowest BCUT2D eigenvalue weighted by molar-refractivity contribution is -0.139. The quantitative estimate of drug-likeness (QED) is 0.859. The number of nitrogens with zero attached hydrogens (tertiary/aromatic N) is 2. The van der Waals surface area contributed by atoms with Crippen molar-refractivity contribution in [2.24, 2.45) is 5.92 Å². The zero-order chi connectivity index (χ0) is 15.4. The van der Waals surface area contributed by atoms with Gasteiger partial charge in [0.05, 0.1) is 11.6 Å². The second kappa shape index (κ2) is 6.27. The molecule has 0 bridgehead atoms. The molecular weight excluding hydrogens is 270 g/mol. The molecule has 0 aromatic heterocycles. The van der Waals surface area contributed by atoms with Crippen LogP contribution in [-0.4, -0.2) is 35.1 Å². The molecule has 2 N–H and O–H groups in total. The molecular formula is C15H17N3O3. The number of aliphatic carboxylic acids is 1. The van der Waals surface area contributed by atoms with Crippen LogP contribution in [0.3, 0.4) is 0 Å². The fraction of sp³-hybridized carbons (Fsp3) is 0.400. The van der Waals surface area contributed by atoms with Crippen molar-refractivity contribution in [3.63, 3.8) is 0 Å². The Kier molecular flexibility index (Phi) is 4.43. The van der Waals surface area contributed by atoms with Gasteiger partial charge in [0, 0.05) is 13.6 Å². The van der Waals surface area contributed by atoms with Crippen LogP contribution in [0.15, 0.2) is 24.3 Å². The number of hydrogen-bond donors (Lipinski definition) is 2. The number of nitrogens with one attached hydrogen (secondary N) is 1. The standard InChI is InChI=1S/C15H17N3O3/c1-18(9-11-4-2-3-10(7-11)8-16)15(21)17-13(14(19)20)12-5-6-12/h2-4,7,12-13H,5-6,9H2,1H3,(H,17,21)(H,19,20). The summed E-state index contributed by atoms with van der Waals surface area (Å²) in [5.74, 6) is -0.951. The van der Waals surface area contributed by atoms with E-state index in [-0.39, 0.29) is 5.92 Å². The number of hydrogen-bond acceptors (Lipinski definition) is 3. The van der Waals surface area contributed by atoms with E-state index >= 15 is 0 Å². The van der Waals surface area contributed by atoms with Gasteiger partial charge in [-0.15, -0.1) is 0 Å². The monoisotopic (exact) mass is 287 g/mol. The van der Waals surface area contributed by atoms with Crippen molar-refractivity contribution in [1.82, 2.24) is 10.2 Å². The maximum Gasteiger partial charge on any atom is 0.326 e. The zero-order valence-corrected chi connectivity index (χ0v) is 11.7. The number of carbonyl (C=O) groups is 2. The highest BCUT2D eigenvalue weighted by atomic mass is 16.4. The minimum absolute atomic E-state index is 0.0433. The topological polar surface area (TPSA) is 93.4 Å². The van der Waals surface area contributed by atoms with Crippen LogP contribution in [0.4, 0.5) is 4.79 Å². The van der Waals surface area contributed by atoms with Gasteiger partial charge in [0.25, 0.3) is 0 Å². The summed E-state index contributed by atoms with van der Waals surface area (Å²) in [5.41, 5.74) is 1.35. The number of carbonyl (C=O) groups excluding carboxylic acids is 1. The third-order valence-electron chi connectivity index (χ3n) is 3.46. The molecule has 21 heavy (non-hydrogen) atoms. The molecule has 1 unspecified atom stereocenters. The average molecular weight is 287 g/mol. The highest BCUT2D eigenvalue weighted by molar-refractivity contribution is 5.83. The molecule has 1 aromatic carbocycles. The first-order valence-corrected chi connectivity index (χ1v) is 6.74. The number of rotatable bonds is 5. The van der Waals surface area contributed by atoms with E-state index in [0.29, 0.717) is 12.1 Å². The van der Waals surface area contributed by atoms with E-state index in [1.54, 1.807) is 25.2 Å². The lowest BCUT2D eigenvalue weighted by Crippen LogP contribution is -2.47. The molecule has 0 aliphatic heterocycles. The van der Waals surface area contributed by atoms with E-state index in [2.05, 4.69) is 5.32 Å². The van der Waals surface area contributed by atoms with E-state index in [1.165, 1.54) is 4.90 Å². The predicted octanol–water partition coefficient (Wildman–Crippen LogP) is 1.56. The maximum absolute atomic E-state index is 12.0. The fourth-order valence-electron chi connectivity index (χ4n) is 2.14. The van der Waals surface area contributed by atoms with Crippen molar-refractivity contribution in [3.8, 4) is 6.07 Å². The molecule has 1 aliphatic carbocycles. The lowest BCUT2D eigenvalue weighted by atomic mass is 10.1. The number of nitriles is 1. The van der Waals surface area contributed by atoms with Gasteiger partial charge in [0.15, 0.2) is 0 Å². The smallest absolute Gasteiger partial charge is 0.326 e.